The van der Waals surface area contributed by atoms with Gasteiger partial charge in [0.2, 0.25) is 11.8 Å². The van der Waals surface area contributed by atoms with E-state index in [2.05, 4.69) is 10.3 Å². The third-order valence-electron chi connectivity index (χ3n) is 9.25. The molecule has 0 aliphatic carbocycles. The minimum Gasteiger partial charge on any atom is -0.478 e. The van der Waals surface area contributed by atoms with Crippen LogP contribution in [0, 0.1) is 0 Å². The molecule has 2 N–H and O–H groups in total. The maximum atomic E-state index is 12.4. The Morgan fingerprint density at radius 1 is 0.526 bits per heavy atom. The number of aliphatic imine (C=N–C) groups is 2. The number of hydrogen-bond acceptors (Lipinski definition) is 10. The largest absolute Gasteiger partial charge is 0.478 e. The third-order valence-corrected chi connectivity index (χ3v) is 9.25. The topological polar surface area (TPSA) is 158 Å². The Kier molecular flexibility index (Phi) is 10.9. The lowest BCUT2D eigenvalue weighted by Gasteiger charge is -2.13. The molecule has 3 aromatic carbocycles. The van der Waals surface area contributed by atoms with Crippen LogP contribution in [0.15, 0.2) is 148 Å². The first-order chi connectivity index (χ1) is 27.7. The molecule has 12 heteroatoms. The van der Waals surface area contributed by atoms with Gasteiger partial charge in [0, 0.05) is 40.3 Å². The van der Waals surface area contributed by atoms with Crippen molar-refractivity contribution in [2.45, 2.75) is 6.92 Å². The van der Waals surface area contributed by atoms with Crippen molar-refractivity contribution < 1.29 is 38.1 Å². The van der Waals surface area contributed by atoms with Crippen LogP contribution in [0.3, 0.4) is 0 Å². The molecule has 0 fully saturated rings. The highest BCUT2D eigenvalue weighted by atomic mass is 16.5. The van der Waals surface area contributed by atoms with Gasteiger partial charge < -0.3 is 29.2 Å². The molecule has 7 rings (SSSR count). The van der Waals surface area contributed by atoms with Crippen LogP contribution in [-0.4, -0.2) is 68.3 Å². The fraction of sp³-hybridized carbons (Fsp3) is 0.111. The summed E-state index contributed by atoms with van der Waals surface area (Å²) < 4.78 is 20.4. The van der Waals surface area contributed by atoms with E-state index in [9.17, 15) is 19.2 Å². The zero-order valence-corrected chi connectivity index (χ0v) is 31.4. The van der Waals surface area contributed by atoms with E-state index in [0.717, 1.165) is 22.4 Å². The van der Waals surface area contributed by atoms with E-state index in [1.165, 1.54) is 27.4 Å². The lowest BCUT2D eigenvalue weighted by Crippen LogP contribution is -2.16. The second-order valence-corrected chi connectivity index (χ2v) is 12.7. The summed E-state index contributed by atoms with van der Waals surface area (Å²) in [6.45, 7) is 2.34. The monoisotopic (exact) mass is 760 g/mol. The summed E-state index contributed by atoms with van der Waals surface area (Å²) in [6.07, 6.45) is 10.6. The fourth-order valence-electron chi connectivity index (χ4n) is 6.56. The SMILES string of the molecule is CCOC1=N/C(=C(\c2ccc(C(=O)OC)cc2)c2ccc(/C(=C3\C=CC(C(=C4/C=CC(=O)N4)/c4ccc(C(=O)OC)cc4)=N3)c3ccc(C(=O)OC)cc3)[nH]2)C=C1. The van der Waals surface area contributed by atoms with E-state index >= 15 is 0 Å². The average molecular weight is 761 g/mol. The first-order valence-electron chi connectivity index (χ1n) is 17.9. The fourth-order valence-corrected chi connectivity index (χ4v) is 6.56. The van der Waals surface area contributed by atoms with Crippen molar-refractivity contribution in [3.05, 3.63) is 183 Å². The molecule has 0 atom stereocenters. The molecular weight excluding hydrogens is 725 g/mol. The molecule has 284 valence electrons. The normalized spacial score (nSPS) is 16.8. The molecule has 3 aliphatic rings. The van der Waals surface area contributed by atoms with Crippen LogP contribution in [0.5, 0.6) is 0 Å². The minimum atomic E-state index is -0.469. The Bertz CT molecular complexity index is 2540. The highest BCUT2D eigenvalue weighted by Crippen LogP contribution is 2.36. The van der Waals surface area contributed by atoms with Crippen molar-refractivity contribution >= 4 is 52.1 Å². The predicted molar refractivity (Wildman–Crippen MR) is 215 cm³/mol. The maximum Gasteiger partial charge on any atom is 0.337 e. The van der Waals surface area contributed by atoms with Gasteiger partial charge in [-0.3, -0.25) is 4.79 Å². The number of aromatic amines is 1. The van der Waals surface area contributed by atoms with Crippen molar-refractivity contribution in [1.82, 2.24) is 10.3 Å². The van der Waals surface area contributed by atoms with Crippen LogP contribution in [0.2, 0.25) is 0 Å². The van der Waals surface area contributed by atoms with Gasteiger partial charge in [-0.25, -0.2) is 24.4 Å². The molecule has 0 radical (unpaired) electrons. The van der Waals surface area contributed by atoms with Gasteiger partial charge in [-0.1, -0.05) is 36.4 Å². The van der Waals surface area contributed by atoms with Crippen LogP contribution in [0.4, 0.5) is 0 Å². The highest BCUT2D eigenvalue weighted by Gasteiger charge is 2.24. The molecule has 4 aromatic rings. The Labute approximate surface area is 327 Å². The van der Waals surface area contributed by atoms with Crippen LogP contribution in [-0.2, 0) is 23.7 Å². The number of methoxy groups -OCH3 is 3. The maximum absolute atomic E-state index is 12.4. The molecule has 12 nitrogen and oxygen atoms in total. The number of carbonyl (C=O) groups is 4. The smallest absolute Gasteiger partial charge is 0.337 e. The Morgan fingerprint density at radius 3 is 1.40 bits per heavy atom. The van der Waals surface area contributed by atoms with Crippen molar-refractivity contribution in [2.24, 2.45) is 9.98 Å². The standard InChI is InChI=1S/C45H36N4O8/c1-5-57-39-25-23-37(49-39)42(28-10-16-31(17-11-28)45(53)56-4)35-21-19-33(47-35)40(26-6-12-29(13-7-26)43(51)54-2)32-18-20-34(46-32)41(36-22-24-38(50)48-36)27-8-14-30(15-9-27)44(52)55-3/h6-25,47H,5H2,1-4H3,(H,48,50)/b40-32+,41-36-,42-37+. The van der Waals surface area contributed by atoms with E-state index in [1.807, 2.05) is 61.5 Å². The molecule has 0 unspecified atom stereocenters. The summed E-state index contributed by atoms with van der Waals surface area (Å²) in [5, 5.41) is 2.89. The summed E-state index contributed by atoms with van der Waals surface area (Å²) in [5.41, 5.74) is 9.31. The number of benzene rings is 3. The van der Waals surface area contributed by atoms with E-state index in [1.54, 1.807) is 60.7 Å². The molecule has 1 aromatic heterocycles. The second kappa shape index (κ2) is 16.4. The van der Waals surface area contributed by atoms with E-state index < -0.39 is 17.9 Å². The molecule has 1 amide bonds. The molecule has 0 saturated heterocycles. The summed E-state index contributed by atoms with van der Waals surface area (Å²) in [4.78, 5) is 62.6. The molecule has 0 bridgehead atoms. The number of aromatic nitrogens is 1. The van der Waals surface area contributed by atoms with E-state index in [0.29, 0.717) is 74.4 Å². The van der Waals surface area contributed by atoms with Crippen LogP contribution >= 0.6 is 0 Å². The van der Waals surface area contributed by atoms with Gasteiger partial charge >= 0.3 is 17.9 Å². The number of carbonyl (C=O) groups excluding carboxylic acids is 4. The number of esters is 3. The van der Waals surface area contributed by atoms with Crippen molar-refractivity contribution in [2.75, 3.05) is 27.9 Å². The van der Waals surface area contributed by atoms with E-state index in [4.69, 9.17) is 28.9 Å². The lowest BCUT2D eigenvalue weighted by atomic mass is 9.97. The van der Waals surface area contributed by atoms with Gasteiger partial charge in [0.05, 0.1) is 67.4 Å². The summed E-state index contributed by atoms with van der Waals surface area (Å²) in [5.74, 6) is -1.17. The van der Waals surface area contributed by atoms with Gasteiger partial charge in [0.15, 0.2) is 0 Å². The minimum absolute atomic E-state index is 0.267. The predicted octanol–water partition coefficient (Wildman–Crippen LogP) is 7.01. The number of nitrogens with zero attached hydrogens (tertiary/aromatic N) is 2. The summed E-state index contributed by atoms with van der Waals surface area (Å²) in [7, 11) is 3.99. The Hall–Kier alpha value is -7.60. The molecular formula is C45H36N4O8. The van der Waals surface area contributed by atoms with E-state index in [-0.39, 0.29) is 5.91 Å². The van der Waals surface area contributed by atoms with Gasteiger partial charge in [-0.05, 0) is 96.4 Å². The number of hydrogen-bond donors (Lipinski definition) is 2. The quantitative estimate of drug-likeness (QED) is 0.129. The zero-order chi connectivity index (χ0) is 40.1. The molecule has 0 spiro atoms. The lowest BCUT2D eigenvalue weighted by molar-refractivity contribution is -0.115. The van der Waals surface area contributed by atoms with Crippen LogP contribution < -0.4 is 5.32 Å². The molecule has 4 heterocycles. The highest BCUT2D eigenvalue weighted by molar-refractivity contribution is 6.32. The van der Waals surface area contributed by atoms with Crippen LogP contribution in [0.1, 0.15) is 66.1 Å². The summed E-state index contributed by atoms with van der Waals surface area (Å²) >= 11 is 0. The zero-order valence-electron chi connectivity index (χ0n) is 31.4. The first-order valence-corrected chi connectivity index (χ1v) is 17.9. The Morgan fingerprint density at radius 2 is 0.965 bits per heavy atom. The number of H-pyrrole nitrogens is 1. The molecule has 3 aliphatic heterocycles. The van der Waals surface area contributed by atoms with Crippen molar-refractivity contribution in [1.29, 1.82) is 0 Å². The molecule has 0 saturated carbocycles. The first kappa shape index (κ1) is 37.7. The van der Waals surface area contributed by atoms with Crippen LogP contribution in [0.25, 0.3) is 16.7 Å². The number of allylic oxidation sites excluding steroid dienone is 5. The summed E-state index contributed by atoms with van der Waals surface area (Å²) in [6, 6.07) is 24.8. The average Bonchev–Trinajstić information content (AvgIpc) is 4.09. The molecule has 57 heavy (non-hydrogen) atoms. The number of nitrogens with one attached hydrogen (secondary N) is 2. The van der Waals surface area contributed by atoms with Gasteiger partial charge in [0.1, 0.15) is 0 Å². The van der Waals surface area contributed by atoms with Crippen molar-refractivity contribution in [3.63, 3.8) is 0 Å². The van der Waals surface area contributed by atoms with Gasteiger partial charge in [-0.2, -0.15) is 0 Å². The van der Waals surface area contributed by atoms with Crippen molar-refractivity contribution in [3.8, 4) is 0 Å². The second-order valence-electron chi connectivity index (χ2n) is 12.7. The number of rotatable bonds is 10. The number of ether oxygens (including phenoxy) is 4. The van der Waals surface area contributed by atoms with Gasteiger partial charge in [-0.15, -0.1) is 0 Å². The third kappa shape index (κ3) is 7.82. The van der Waals surface area contributed by atoms with Gasteiger partial charge in [0.25, 0.3) is 0 Å². The Balaban J connectivity index is 1.38. The number of amides is 1.